The van der Waals surface area contributed by atoms with Gasteiger partial charge in [0.2, 0.25) is 0 Å². The van der Waals surface area contributed by atoms with E-state index in [1.54, 1.807) is 5.57 Å². The van der Waals surface area contributed by atoms with E-state index in [-0.39, 0.29) is 12.4 Å². The maximum atomic E-state index is 5.91. The molecule has 23 heavy (non-hydrogen) atoms. The Morgan fingerprint density at radius 3 is 2.61 bits per heavy atom. The van der Waals surface area contributed by atoms with Crippen LogP contribution in [0.25, 0.3) is 11.3 Å². The van der Waals surface area contributed by atoms with Crippen LogP contribution < -0.4 is 5.32 Å². The van der Waals surface area contributed by atoms with Gasteiger partial charge in [0.25, 0.3) is 0 Å². The molecule has 0 bridgehead atoms. The molecule has 124 valence electrons. The summed E-state index contributed by atoms with van der Waals surface area (Å²) in [5, 5.41) is 3.48. The lowest BCUT2D eigenvalue weighted by Gasteiger charge is -2.12. The second kappa shape index (κ2) is 9.31. The molecule has 4 heteroatoms. The third-order valence-corrected chi connectivity index (χ3v) is 4.63. The smallest absolute Gasteiger partial charge is 0.134 e. The van der Waals surface area contributed by atoms with E-state index >= 15 is 0 Å². The molecule has 0 amide bonds. The molecule has 0 atom stereocenters. The van der Waals surface area contributed by atoms with Crippen LogP contribution in [-0.4, -0.2) is 6.54 Å². The third-order valence-electron chi connectivity index (χ3n) is 4.10. The van der Waals surface area contributed by atoms with Gasteiger partial charge in [-0.2, -0.15) is 0 Å². The fourth-order valence-corrected chi connectivity index (χ4v) is 3.10. The number of allylic oxidation sites excluding steroid dienone is 1. The molecule has 0 fully saturated rings. The normalized spacial score (nSPS) is 14.2. The summed E-state index contributed by atoms with van der Waals surface area (Å²) in [6.07, 6.45) is 8.87. The zero-order valence-electron chi connectivity index (χ0n) is 13.2. The minimum absolute atomic E-state index is 0. The number of hydrogen-bond acceptors (Lipinski definition) is 2. The maximum Gasteiger partial charge on any atom is 0.134 e. The quantitative estimate of drug-likeness (QED) is 0.470. The van der Waals surface area contributed by atoms with Crippen LogP contribution in [0.3, 0.4) is 0 Å². The molecule has 3 rings (SSSR count). The van der Waals surface area contributed by atoms with Crippen molar-refractivity contribution in [2.75, 3.05) is 6.54 Å². The van der Waals surface area contributed by atoms with Crippen LogP contribution in [-0.2, 0) is 6.54 Å². The summed E-state index contributed by atoms with van der Waals surface area (Å²) in [6, 6.07) is 12.3. The van der Waals surface area contributed by atoms with Crippen LogP contribution >= 0.6 is 28.3 Å². The summed E-state index contributed by atoms with van der Waals surface area (Å²) < 4.78 is 6.99. The van der Waals surface area contributed by atoms with Gasteiger partial charge >= 0.3 is 0 Å². The molecule has 1 aromatic heterocycles. The summed E-state index contributed by atoms with van der Waals surface area (Å²) in [5.74, 6) is 1.93. The lowest BCUT2D eigenvalue weighted by Crippen LogP contribution is -2.15. The molecule has 0 saturated carbocycles. The molecule has 0 unspecified atom stereocenters. The highest BCUT2D eigenvalue weighted by Gasteiger charge is 2.06. The van der Waals surface area contributed by atoms with Gasteiger partial charge in [0.15, 0.2) is 0 Å². The van der Waals surface area contributed by atoms with Crippen LogP contribution in [0.1, 0.15) is 37.9 Å². The first-order chi connectivity index (χ1) is 10.8. The van der Waals surface area contributed by atoms with Crippen molar-refractivity contribution in [2.24, 2.45) is 0 Å². The highest BCUT2D eigenvalue weighted by Crippen LogP contribution is 2.24. The molecule has 0 aliphatic heterocycles. The Morgan fingerprint density at radius 1 is 1.04 bits per heavy atom. The Bertz CT molecular complexity index is 633. The van der Waals surface area contributed by atoms with Crippen LogP contribution in [0, 0.1) is 0 Å². The minimum atomic E-state index is 0. The molecular formula is C19H23BrClNO. The van der Waals surface area contributed by atoms with Crippen molar-refractivity contribution < 1.29 is 4.42 Å². The van der Waals surface area contributed by atoms with Crippen LogP contribution in [0.5, 0.6) is 0 Å². The molecule has 1 heterocycles. The van der Waals surface area contributed by atoms with E-state index in [4.69, 9.17) is 4.42 Å². The number of furan rings is 1. The Kier molecular flexibility index (Phi) is 7.41. The number of halogens is 2. The average Bonchev–Trinajstić information content (AvgIpc) is 3.02. The van der Waals surface area contributed by atoms with E-state index in [0.717, 1.165) is 34.6 Å². The van der Waals surface area contributed by atoms with Crippen molar-refractivity contribution in [3.05, 3.63) is 58.3 Å². The molecule has 1 aromatic carbocycles. The van der Waals surface area contributed by atoms with Gasteiger partial charge in [0.05, 0.1) is 6.54 Å². The Balaban J connectivity index is 0.00000192. The van der Waals surface area contributed by atoms with E-state index in [1.165, 1.54) is 32.1 Å². The van der Waals surface area contributed by atoms with Gasteiger partial charge in [-0.3, -0.25) is 0 Å². The van der Waals surface area contributed by atoms with Crippen molar-refractivity contribution in [2.45, 2.75) is 38.6 Å². The zero-order chi connectivity index (χ0) is 15.2. The predicted molar refractivity (Wildman–Crippen MR) is 102 cm³/mol. The molecule has 1 aliphatic rings. The van der Waals surface area contributed by atoms with Crippen LogP contribution in [0.4, 0.5) is 0 Å². The van der Waals surface area contributed by atoms with Crippen molar-refractivity contribution in [1.82, 2.24) is 5.32 Å². The summed E-state index contributed by atoms with van der Waals surface area (Å²) in [4.78, 5) is 0. The zero-order valence-corrected chi connectivity index (χ0v) is 15.6. The lowest BCUT2D eigenvalue weighted by atomic mass is 9.97. The van der Waals surface area contributed by atoms with E-state index < -0.39 is 0 Å². The van der Waals surface area contributed by atoms with E-state index in [0.29, 0.717) is 0 Å². The number of hydrogen-bond donors (Lipinski definition) is 1. The fraction of sp³-hybridized carbons (Fsp3) is 0.368. The van der Waals surface area contributed by atoms with Crippen molar-refractivity contribution in [3.63, 3.8) is 0 Å². The fourth-order valence-electron chi connectivity index (χ4n) is 2.83. The first-order valence-corrected chi connectivity index (χ1v) is 8.84. The van der Waals surface area contributed by atoms with Crippen LogP contribution in [0.15, 0.2) is 56.9 Å². The summed E-state index contributed by atoms with van der Waals surface area (Å²) in [6.45, 7) is 1.82. The van der Waals surface area contributed by atoms with Crippen molar-refractivity contribution in [1.29, 1.82) is 0 Å². The Labute approximate surface area is 152 Å². The molecule has 0 saturated heterocycles. The number of benzene rings is 1. The summed E-state index contributed by atoms with van der Waals surface area (Å²) in [7, 11) is 0. The molecule has 0 spiro atoms. The van der Waals surface area contributed by atoms with E-state index in [2.05, 4.69) is 45.5 Å². The molecule has 1 N–H and O–H groups in total. The summed E-state index contributed by atoms with van der Waals surface area (Å²) in [5.41, 5.74) is 2.73. The van der Waals surface area contributed by atoms with Gasteiger partial charge in [-0.15, -0.1) is 12.4 Å². The predicted octanol–water partition coefficient (Wildman–Crippen LogP) is 6.11. The molecular weight excluding hydrogens is 374 g/mol. The van der Waals surface area contributed by atoms with Gasteiger partial charge in [-0.05, 0) is 62.9 Å². The van der Waals surface area contributed by atoms with Gasteiger partial charge in [-0.25, -0.2) is 0 Å². The molecule has 2 nitrogen and oxygen atoms in total. The van der Waals surface area contributed by atoms with Gasteiger partial charge in [0.1, 0.15) is 11.5 Å². The van der Waals surface area contributed by atoms with Crippen molar-refractivity contribution in [3.8, 4) is 11.3 Å². The van der Waals surface area contributed by atoms with Crippen LogP contribution in [0.2, 0.25) is 0 Å². The SMILES string of the molecule is Brc1ccc(-c2ccc(CNCCC3=CCCCC3)o2)cc1.Cl. The molecule has 2 aromatic rings. The third kappa shape index (κ3) is 5.52. The van der Waals surface area contributed by atoms with E-state index in [1.807, 2.05) is 18.2 Å². The average molecular weight is 397 g/mol. The van der Waals surface area contributed by atoms with Gasteiger partial charge in [0, 0.05) is 10.0 Å². The Hall–Kier alpha value is -1.03. The Morgan fingerprint density at radius 2 is 1.87 bits per heavy atom. The van der Waals surface area contributed by atoms with E-state index in [9.17, 15) is 0 Å². The first kappa shape index (κ1) is 18.3. The highest BCUT2D eigenvalue weighted by molar-refractivity contribution is 9.10. The number of nitrogens with one attached hydrogen (secondary N) is 1. The maximum absolute atomic E-state index is 5.91. The van der Waals surface area contributed by atoms with Gasteiger partial charge in [-0.1, -0.05) is 39.7 Å². The molecule has 0 radical (unpaired) electrons. The first-order valence-electron chi connectivity index (χ1n) is 8.04. The topological polar surface area (TPSA) is 25.2 Å². The lowest BCUT2D eigenvalue weighted by molar-refractivity contribution is 0.493. The second-order valence-corrected chi connectivity index (χ2v) is 6.72. The minimum Gasteiger partial charge on any atom is -0.460 e. The standard InChI is InChI=1S/C19H22BrNO.ClH/c20-17-8-6-16(7-9-17)19-11-10-18(22-19)14-21-13-12-15-4-2-1-3-5-15;/h4,6-11,21H,1-3,5,12-14H2;1H. The summed E-state index contributed by atoms with van der Waals surface area (Å²) >= 11 is 3.45. The second-order valence-electron chi connectivity index (χ2n) is 5.81. The molecule has 1 aliphatic carbocycles. The largest absolute Gasteiger partial charge is 0.460 e. The van der Waals surface area contributed by atoms with Gasteiger partial charge < -0.3 is 9.73 Å². The monoisotopic (exact) mass is 395 g/mol. The highest BCUT2D eigenvalue weighted by atomic mass is 79.9. The number of rotatable bonds is 6. The van der Waals surface area contributed by atoms with Crippen molar-refractivity contribution >= 4 is 28.3 Å².